The molecule has 0 aliphatic heterocycles. The average molecular weight is 490 g/mol. The van der Waals surface area contributed by atoms with Gasteiger partial charge in [0.25, 0.3) is 5.91 Å². The predicted octanol–water partition coefficient (Wildman–Crippen LogP) is 6.53. The predicted molar refractivity (Wildman–Crippen MR) is 139 cm³/mol. The van der Waals surface area contributed by atoms with Crippen molar-refractivity contribution in [3.63, 3.8) is 0 Å². The van der Waals surface area contributed by atoms with Gasteiger partial charge in [0.15, 0.2) is 5.69 Å². The molecule has 0 saturated heterocycles. The molecule has 0 radical (unpaired) electrons. The molecule has 5 rings (SSSR count). The van der Waals surface area contributed by atoms with Crippen molar-refractivity contribution in [3.05, 3.63) is 87.2 Å². The molecule has 2 bridgehead atoms. The summed E-state index contributed by atoms with van der Waals surface area (Å²) in [5.74, 6) is 0.413. The summed E-state index contributed by atoms with van der Waals surface area (Å²) in [4.78, 5) is 13.7. The number of nitrogens with zero attached hydrogens (tertiary/aromatic N) is 2. The van der Waals surface area contributed by atoms with E-state index in [0.717, 1.165) is 40.9 Å². The highest BCUT2D eigenvalue weighted by Gasteiger charge is 2.47. The fraction of sp³-hybridized carbons (Fsp3) is 0.379. The van der Waals surface area contributed by atoms with E-state index < -0.39 is 0 Å². The molecule has 2 aromatic carbocycles. The average Bonchev–Trinajstić information content (AvgIpc) is 3.47. The van der Waals surface area contributed by atoms with E-state index in [1.807, 2.05) is 28.9 Å². The van der Waals surface area contributed by atoms with E-state index >= 15 is 0 Å². The highest BCUT2D eigenvalue weighted by atomic mass is 35.5. The highest BCUT2D eigenvalue weighted by Crippen LogP contribution is 2.56. The smallest absolute Gasteiger partial charge is 0.276 e. The first-order chi connectivity index (χ1) is 16.8. The number of hydrogen-bond donors (Lipinski definition) is 1. The van der Waals surface area contributed by atoms with Gasteiger partial charge in [0.05, 0.1) is 18.8 Å². The minimum atomic E-state index is -0.168. The summed E-state index contributed by atoms with van der Waals surface area (Å²) >= 11 is 6.18. The van der Waals surface area contributed by atoms with E-state index in [-0.39, 0.29) is 17.9 Å². The third-order valence-electron chi connectivity index (χ3n) is 7.72. The normalized spacial score (nSPS) is 21.1. The third kappa shape index (κ3) is 4.43. The van der Waals surface area contributed by atoms with Crippen LogP contribution in [-0.4, -0.2) is 22.8 Å². The molecule has 2 unspecified atom stereocenters. The fourth-order valence-electron chi connectivity index (χ4n) is 5.81. The second-order valence-electron chi connectivity index (χ2n) is 10.3. The lowest BCUT2D eigenvalue weighted by molar-refractivity contribution is 0.0945. The van der Waals surface area contributed by atoms with Gasteiger partial charge in [-0.25, -0.2) is 0 Å². The van der Waals surface area contributed by atoms with Crippen LogP contribution >= 0.6 is 11.6 Å². The summed E-state index contributed by atoms with van der Waals surface area (Å²) in [6, 6.07) is 16.0. The van der Waals surface area contributed by atoms with Gasteiger partial charge in [0.2, 0.25) is 0 Å². The number of amides is 1. The quantitative estimate of drug-likeness (QED) is 0.410. The maximum absolute atomic E-state index is 13.7. The minimum absolute atomic E-state index is 0.0509. The molecule has 1 saturated carbocycles. The second-order valence-corrected chi connectivity index (χ2v) is 10.7. The molecule has 1 N–H and O–H groups in total. The van der Waals surface area contributed by atoms with Crippen molar-refractivity contribution in [1.82, 2.24) is 15.1 Å². The molecule has 182 valence electrons. The van der Waals surface area contributed by atoms with Crippen molar-refractivity contribution in [2.45, 2.75) is 53.2 Å². The Hall–Kier alpha value is -2.89. The van der Waals surface area contributed by atoms with Crippen molar-refractivity contribution in [2.75, 3.05) is 7.11 Å². The Bertz CT molecular complexity index is 1290. The van der Waals surface area contributed by atoms with Gasteiger partial charge in [-0.05, 0) is 56.7 Å². The van der Waals surface area contributed by atoms with Crippen LogP contribution in [0.1, 0.15) is 60.3 Å². The minimum Gasteiger partial charge on any atom is -0.380 e. The molecule has 2 aliphatic carbocycles. The summed E-state index contributed by atoms with van der Waals surface area (Å²) in [6.07, 6.45) is 3.45. The van der Waals surface area contributed by atoms with Gasteiger partial charge in [-0.1, -0.05) is 66.1 Å². The van der Waals surface area contributed by atoms with E-state index in [0.29, 0.717) is 23.2 Å². The van der Waals surface area contributed by atoms with Crippen LogP contribution in [0.5, 0.6) is 0 Å². The van der Waals surface area contributed by atoms with Gasteiger partial charge in [-0.2, -0.15) is 5.10 Å². The molecule has 0 spiro atoms. The number of aromatic nitrogens is 2. The number of hydrogen-bond acceptors (Lipinski definition) is 3. The van der Waals surface area contributed by atoms with Crippen LogP contribution in [0.2, 0.25) is 5.02 Å². The molecule has 1 fully saturated rings. The van der Waals surface area contributed by atoms with Crippen LogP contribution in [0.15, 0.2) is 59.8 Å². The number of methoxy groups -OCH3 is 1. The molecule has 1 amide bonds. The number of rotatable bonds is 7. The summed E-state index contributed by atoms with van der Waals surface area (Å²) < 4.78 is 7.49. The third-order valence-corrected chi connectivity index (χ3v) is 7.97. The number of ether oxygens (including phenoxy) is 1. The monoisotopic (exact) mass is 489 g/mol. The summed E-state index contributed by atoms with van der Waals surface area (Å²) in [5.41, 5.74) is 7.79. The van der Waals surface area contributed by atoms with Crippen LogP contribution in [0.4, 0.5) is 0 Å². The molecule has 35 heavy (non-hydrogen) atoms. The Kier molecular flexibility index (Phi) is 6.32. The maximum atomic E-state index is 13.7. The van der Waals surface area contributed by atoms with Gasteiger partial charge in [-0.3, -0.25) is 9.48 Å². The summed E-state index contributed by atoms with van der Waals surface area (Å²) in [7, 11) is 1.65. The lowest BCUT2D eigenvalue weighted by Gasteiger charge is -2.27. The number of allylic oxidation sites excluding steroid dienone is 2. The molecule has 2 atom stereocenters. The van der Waals surface area contributed by atoms with Crippen LogP contribution in [0.3, 0.4) is 0 Å². The van der Waals surface area contributed by atoms with Gasteiger partial charge in [0.1, 0.15) is 0 Å². The number of aryl methyl sites for hydroxylation is 1. The number of carbonyl (C=O) groups is 1. The van der Waals surface area contributed by atoms with Gasteiger partial charge < -0.3 is 10.1 Å². The van der Waals surface area contributed by atoms with E-state index in [1.54, 1.807) is 7.11 Å². The van der Waals surface area contributed by atoms with E-state index in [9.17, 15) is 4.79 Å². The van der Waals surface area contributed by atoms with Gasteiger partial charge in [-0.15, -0.1) is 0 Å². The van der Waals surface area contributed by atoms with Crippen LogP contribution in [0.25, 0.3) is 11.3 Å². The molecule has 5 nitrogen and oxygen atoms in total. The van der Waals surface area contributed by atoms with Crippen LogP contribution < -0.4 is 5.32 Å². The summed E-state index contributed by atoms with van der Waals surface area (Å²) in [6.45, 7) is 7.33. The van der Waals surface area contributed by atoms with Crippen molar-refractivity contribution in [3.8, 4) is 11.3 Å². The zero-order valence-corrected chi connectivity index (χ0v) is 21.6. The zero-order valence-electron chi connectivity index (χ0n) is 20.8. The number of halogens is 1. The molecular formula is C29H32ClN3O2. The maximum Gasteiger partial charge on any atom is 0.276 e. The largest absolute Gasteiger partial charge is 0.380 e. The molecule has 1 heterocycles. The standard InChI is InChI=1S/C29H32ClN3O2/c1-18-5-7-20(8-6-18)16-33-26(21-9-11-23(30)12-10-21)24(17-35-4)25(32-33)28(34)31-27-19(2)22-13-14-29(27,3)15-22/h5-12,22H,13-17H2,1-4H3,(H,31,34). The molecule has 2 aliphatic rings. The number of benzene rings is 2. The topological polar surface area (TPSA) is 56.1 Å². The number of fused-ring (bicyclic) bond motifs is 2. The Labute approximate surface area is 212 Å². The Balaban J connectivity index is 1.58. The Morgan fingerprint density at radius 1 is 1.17 bits per heavy atom. The Morgan fingerprint density at radius 3 is 2.51 bits per heavy atom. The van der Waals surface area contributed by atoms with Crippen molar-refractivity contribution in [1.29, 1.82) is 0 Å². The molecule has 1 aromatic heterocycles. The van der Waals surface area contributed by atoms with Gasteiger partial charge >= 0.3 is 0 Å². The number of carbonyl (C=O) groups excluding carboxylic acids is 1. The molecule has 6 heteroatoms. The fourth-order valence-corrected chi connectivity index (χ4v) is 5.94. The second kappa shape index (κ2) is 9.29. The number of nitrogens with one attached hydrogen (secondary N) is 1. The first-order valence-corrected chi connectivity index (χ1v) is 12.6. The van der Waals surface area contributed by atoms with Crippen molar-refractivity contribution < 1.29 is 9.53 Å². The first kappa shape index (κ1) is 23.8. The molecule has 3 aromatic rings. The van der Waals surface area contributed by atoms with Gasteiger partial charge in [0, 0.05) is 34.4 Å². The Morgan fingerprint density at radius 2 is 1.89 bits per heavy atom. The lowest BCUT2D eigenvalue weighted by Crippen LogP contribution is -2.32. The highest BCUT2D eigenvalue weighted by molar-refractivity contribution is 6.30. The SMILES string of the molecule is COCc1c(C(=O)NC2=C(C)C3CCC2(C)C3)nn(Cc2ccc(C)cc2)c1-c1ccc(Cl)cc1. The zero-order chi connectivity index (χ0) is 24.7. The first-order valence-electron chi connectivity index (χ1n) is 12.2. The molecular weight excluding hydrogens is 458 g/mol. The lowest BCUT2D eigenvalue weighted by atomic mass is 9.85. The summed E-state index contributed by atoms with van der Waals surface area (Å²) in [5, 5.41) is 8.81. The van der Waals surface area contributed by atoms with Crippen molar-refractivity contribution in [2.24, 2.45) is 11.3 Å². The van der Waals surface area contributed by atoms with Crippen molar-refractivity contribution >= 4 is 17.5 Å². The van der Waals surface area contributed by atoms with E-state index in [2.05, 4.69) is 50.4 Å². The van der Waals surface area contributed by atoms with Crippen LogP contribution in [0, 0.1) is 18.3 Å². The van der Waals surface area contributed by atoms with E-state index in [4.69, 9.17) is 21.4 Å². The van der Waals surface area contributed by atoms with Crippen LogP contribution in [-0.2, 0) is 17.9 Å². The van der Waals surface area contributed by atoms with E-state index in [1.165, 1.54) is 17.6 Å².